The highest BCUT2D eigenvalue weighted by Crippen LogP contribution is 2.32. The van der Waals surface area contributed by atoms with Crippen molar-refractivity contribution < 1.29 is 4.79 Å². The Morgan fingerprint density at radius 2 is 1.94 bits per heavy atom. The predicted octanol–water partition coefficient (Wildman–Crippen LogP) is 6.38. The van der Waals surface area contributed by atoms with Crippen LogP contribution in [0.1, 0.15) is 25.3 Å². The van der Waals surface area contributed by atoms with Crippen LogP contribution in [0.3, 0.4) is 0 Å². The molecule has 0 aliphatic rings. The molecule has 34 heavy (non-hydrogen) atoms. The fourth-order valence-corrected chi connectivity index (χ4v) is 5.50. The molecule has 5 nitrogen and oxygen atoms in total. The molecule has 0 atom stereocenters. The first-order valence-corrected chi connectivity index (χ1v) is 13.2. The molecule has 0 fully saturated rings. The maximum Gasteiger partial charge on any atom is 0.263 e. The average Bonchev–Trinajstić information content (AvgIpc) is 3.29. The quantitative estimate of drug-likeness (QED) is 0.159. The van der Waals surface area contributed by atoms with E-state index in [0.29, 0.717) is 21.9 Å². The summed E-state index contributed by atoms with van der Waals surface area (Å²) in [4.78, 5) is 31.4. The van der Waals surface area contributed by atoms with Crippen LogP contribution < -0.4 is 10.9 Å². The van der Waals surface area contributed by atoms with Crippen molar-refractivity contribution >= 4 is 44.9 Å². The summed E-state index contributed by atoms with van der Waals surface area (Å²) < 4.78 is 1.59. The SMILES string of the molecule is C=CCn1c(SCC(=O)Nc2ccc(CCCC)cc2)nc2scc(-c3ccccc3)c2c1=O. The minimum Gasteiger partial charge on any atom is -0.325 e. The number of hydrogen-bond donors (Lipinski definition) is 1. The number of thiophene rings is 1. The summed E-state index contributed by atoms with van der Waals surface area (Å²) in [6, 6.07) is 17.8. The normalized spacial score (nSPS) is 11.0. The van der Waals surface area contributed by atoms with Crippen molar-refractivity contribution in [2.24, 2.45) is 0 Å². The molecule has 174 valence electrons. The minimum absolute atomic E-state index is 0.115. The van der Waals surface area contributed by atoms with E-state index in [1.807, 2.05) is 47.8 Å². The molecule has 0 saturated carbocycles. The van der Waals surface area contributed by atoms with E-state index in [2.05, 4.69) is 31.0 Å². The first-order chi connectivity index (χ1) is 16.6. The highest BCUT2D eigenvalue weighted by atomic mass is 32.2. The number of carbonyl (C=O) groups is 1. The smallest absolute Gasteiger partial charge is 0.263 e. The van der Waals surface area contributed by atoms with Crippen LogP contribution in [0.5, 0.6) is 0 Å². The van der Waals surface area contributed by atoms with Gasteiger partial charge in [-0.05, 0) is 36.1 Å². The van der Waals surface area contributed by atoms with Crippen LogP contribution >= 0.6 is 23.1 Å². The van der Waals surface area contributed by atoms with Crippen LogP contribution in [-0.2, 0) is 17.8 Å². The highest BCUT2D eigenvalue weighted by molar-refractivity contribution is 7.99. The molecule has 2 heterocycles. The first-order valence-electron chi connectivity index (χ1n) is 11.3. The molecule has 0 unspecified atom stereocenters. The van der Waals surface area contributed by atoms with Gasteiger partial charge in [0.2, 0.25) is 5.91 Å². The van der Waals surface area contributed by atoms with Crippen LogP contribution in [-0.4, -0.2) is 21.2 Å². The number of hydrogen-bond acceptors (Lipinski definition) is 5. The summed E-state index contributed by atoms with van der Waals surface area (Å²) in [5.74, 6) is 0.0193. The second kappa shape index (κ2) is 11.3. The third-order valence-electron chi connectivity index (χ3n) is 5.44. The van der Waals surface area contributed by atoms with Crippen LogP contribution in [0.15, 0.2) is 82.6 Å². The lowest BCUT2D eigenvalue weighted by molar-refractivity contribution is -0.113. The summed E-state index contributed by atoms with van der Waals surface area (Å²) in [5.41, 5.74) is 3.79. The van der Waals surface area contributed by atoms with Gasteiger partial charge in [-0.2, -0.15) is 0 Å². The van der Waals surface area contributed by atoms with Crippen molar-refractivity contribution in [2.45, 2.75) is 37.9 Å². The summed E-state index contributed by atoms with van der Waals surface area (Å²) >= 11 is 2.70. The number of unbranched alkanes of at least 4 members (excludes halogenated alkanes) is 1. The molecule has 1 amide bonds. The Morgan fingerprint density at radius 3 is 2.65 bits per heavy atom. The van der Waals surface area contributed by atoms with E-state index in [1.54, 1.807) is 10.6 Å². The third-order valence-corrected chi connectivity index (χ3v) is 7.29. The standard InChI is InChI=1S/C27H27N3O2S2/c1-3-5-9-19-12-14-21(15-13-19)28-23(31)18-34-27-29-25-24(26(32)30(27)16-4-2)22(17-33-25)20-10-7-6-8-11-20/h4,6-8,10-15,17H,2-3,5,9,16,18H2,1H3,(H,28,31). The number of fused-ring (bicyclic) bond motifs is 1. The molecule has 2 aromatic carbocycles. The number of benzene rings is 2. The molecule has 0 bridgehead atoms. The fourth-order valence-electron chi connectivity index (χ4n) is 3.70. The van der Waals surface area contributed by atoms with Crippen LogP contribution in [0.2, 0.25) is 0 Å². The van der Waals surface area contributed by atoms with Gasteiger partial charge in [0.05, 0.1) is 11.1 Å². The molecule has 4 aromatic rings. The van der Waals surface area contributed by atoms with Crippen LogP contribution in [0.4, 0.5) is 5.69 Å². The van der Waals surface area contributed by atoms with Crippen LogP contribution in [0.25, 0.3) is 21.3 Å². The predicted molar refractivity (Wildman–Crippen MR) is 144 cm³/mol. The van der Waals surface area contributed by atoms with Crippen molar-refractivity contribution in [2.75, 3.05) is 11.1 Å². The van der Waals surface area contributed by atoms with Gasteiger partial charge in [-0.1, -0.05) is 73.6 Å². The largest absolute Gasteiger partial charge is 0.325 e. The number of rotatable bonds is 10. The number of nitrogens with zero attached hydrogens (tertiary/aromatic N) is 2. The highest BCUT2D eigenvalue weighted by Gasteiger charge is 2.17. The van der Waals surface area contributed by atoms with Crippen LogP contribution in [0, 0.1) is 0 Å². The summed E-state index contributed by atoms with van der Waals surface area (Å²) in [6.07, 6.45) is 5.03. The molecule has 2 aromatic heterocycles. The van der Waals surface area contributed by atoms with Gasteiger partial charge in [-0.15, -0.1) is 17.9 Å². The number of aryl methyl sites for hydroxylation is 1. The maximum atomic E-state index is 13.4. The molecule has 1 N–H and O–H groups in total. The Hall–Kier alpha value is -3.16. The number of carbonyl (C=O) groups excluding carboxylic acids is 1. The fraction of sp³-hybridized carbons (Fsp3) is 0.222. The molecule has 0 spiro atoms. The number of nitrogens with one attached hydrogen (secondary N) is 1. The molecular weight excluding hydrogens is 462 g/mol. The van der Waals surface area contributed by atoms with Crippen molar-refractivity contribution in [3.63, 3.8) is 0 Å². The van der Waals surface area contributed by atoms with E-state index in [4.69, 9.17) is 4.98 Å². The van der Waals surface area contributed by atoms with Crippen molar-refractivity contribution in [1.82, 2.24) is 9.55 Å². The van der Waals surface area contributed by atoms with Crippen molar-refractivity contribution in [3.05, 3.63) is 88.5 Å². The van der Waals surface area contributed by atoms with Gasteiger partial charge < -0.3 is 5.32 Å². The van der Waals surface area contributed by atoms with Gasteiger partial charge >= 0.3 is 0 Å². The zero-order valence-electron chi connectivity index (χ0n) is 19.1. The van der Waals surface area contributed by atoms with Gasteiger partial charge in [0, 0.05) is 23.2 Å². The zero-order valence-corrected chi connectivity index (χ0v) is 20.8. The molecule has 0 aliphatic heterocycles. The summed E-state index contributed by atoms with van der Waals surface area (Å²) in [7, 11) is 0. The van der Waals surface area contributed by atoms with Gasteiger partial charge in [-0.3, -0.25) is 14.2 Å². The Morgan fingerprint density at radius 1 is 1.18 bits per heavy atom. The lowest BCUT2D eigenvalue weighted by atomic mass is 10.1. The maximum absolute atomic E-state index is 13.4. The average molecular weight is 490 g/mol. The van der Waals surface area contributed by atoms with E-state index < -0.39 is 0 Å². The lowest BCUT2D eigenvalue weighted by Gasteiger charge is -2.11. The minimum atomic E-state index is -0.137. The zero-order chi connectivity index (χ0) is 23.9. The monoisotopic (exact) mass is 489 g/mol. The molecular formula is C27H27N3O2S2. The Labute approximate surface area is 207 Å². The topological polar surface area (TPSA) is 64.0 Å². The van der Waals surface area contributed by atoms with E-state index >= 15 is 0 Å². The third kappa shape index (κ3) is 5.48. The molecule has 0 aliphatic carbocycles. The number of thioether (sulfide) groups is 1. The van der Waals surface area contributed by atoms with E-state index in [1.165, 1.54) is 28.7 Å². The van der Waals surface area contributed by atoms with Gasteiger partial charge in [0.25, 0.3) is 5.56 Å². The Kier molecular flexibility index (Phi) is 7.98. The van der Waals surface area contributed by atoms with E-state index in [9.17, 15) is 9.59 Å². The number of aromatic nitrogens is 2. The van der Waals surface area contributed by atoms with E-state index in [0.717, 1.165) is 36.1 Å². The summed E-state index contributed by atoms with van der Waals surface area (Å²) in [5, 5.41) is 6.03. The second-order valence-corrected chi connectivity index (χ2v) is 9.73. The van der Waals surface area contributed by atoms with Gasteiger partial charge in [-0.25, -0.2) is 4.98 Å². The Balaban J connectivity index is 1.52. The molecule has 4 rings (SSSR count). The Bertz CT molecular complexity index is 1340. The van der Waals surface area contributed by atoms with Gasteiger partial charge in [0.1, 0.15) is 4.83 Å². The number of amides is 1. The molecule has 0 radical (unpaired) electrons. The van der Waals surface area contributed by atoms with Crippen molar-refractivity contribution in [3.8, 4) is 11.1 Å². The number of anilines is 1. The lowest BCUT2D eigenvalue weighted by Crippen LogP contribution is -2.23. The van der Waals surface area contributed by atoms with Gasteiger partial charge in [0.15, 0.2) is 5.16 Å². The summed E-state index contributed by atoms with van der Waals surface area (Å²) in [6.45, 7) is 6.29. The molecule has 0 saturated heterocycles. The van der Waals surface area contributed by atoms with E-state index in [-0.39, 0.29) is 17.2 Å². The first kappa shape index (κ1) is 24.0. The number of allylic oxidation sites excluding steroid dienone is 1. The van der Waals surface area contributed by atoms with Crippen molar-refractivity contribution in [1.29, 1.82) is 0 Å². The molecule has 7 heteroatoms. The second-order valence-electron chi connectivity index (χ2n) is 7.93.